The fraction of sp³-hybridized carbons (Fsp3) is 0.923. The molecular weight excluding hydrogens is 344 g/mol. The summed E-state index contributed by atoms with van der Waals surface area (Å²) in [6.07, 6.45) is -3.98. The summed E-state index contributed by atoms with van der Waals surface area (Å²) in [5.41, 5.74) is -1.14. The largest absolute Gasteiger partial charge is 0.691 e. The van der Waals surface area contributed by atoms with E-state index in [1.807, 2.05) is 0 Å². The molecule has 0 aromatic rings. The van der Waals surface area contributed by atoms with Crippen molar-refractivity contribution in [2.45, 2.75) is 56.8 Å². The Bertz CT molecular complexity index is 469. The predicted molar refractivity (Wildman–Crippen MR) is 68.8 cm³/mol. The molecule has 3 unspecified atom stereocenters. The topological polar surface area (TPSA) is 67.8 Å². The van der Waals surface area contributed by atoms with Gasteiger partial charge in [-0.05, 0) is 43.4 Å². The molecule has 10 heteroatoms. The number of alkyl halides is 4. The smallest absolute Gasteiger partial charge is 0.446 e. The molecule has 3 saturated carbocycles. The molecule has 0 aromatic heterocycles. The normalized spacial score (nSPS) is 35.1. The second-order valence-corrected chi connectivity index (χ2v) is 7.88. The number of carbonyl (C=O) groups excluding carboxylic acids is 1. The molecule has 23 heavy (non-hydrogen) atoms. The zero-order valence-corrected chi connectivity index (χ0v) is 13.6. The van der Waals surface area contributed by atoms with Gasteiger partial charge >= 0.3 is 17.1 Å². The van der Waals surface area contributed by atoms with Crippen molar-refractivity contribution in [2.75, 3.05) is 0 Å². The van der Waals surface area contributed by atoms with E-state index in [2.05, 4.69) is 23.2 Å². The molecule has 3 rings (SSSR count). The van der Waals surface area contributed by atoms with E-state index in [-0.39, 0.29) is 17.3 Å². The van der Waals surface area contributed by atoms with Crippen LogP contribution in [-0.2, 0) is 18.9 Å². The van der Waals surface area contributed by atoms with Gasteiger partial charge in [-0.3, -0.25) is 5.04 Å². The van der Waals surface area contributed by atoms with E-state index in [1.165, 1.54) is 6.92 Å². The monoisotopic (exact) mass is 361 g/mol. The molecule has 0 saturated heterocycles. The van der Waals surface area contributed by atoms with E-state index in [9.17, 15) is 27.6 Å². The quantitative estimate of drug-likeness (QED) is 0.247. The Balaban J connectivity index is 2.10. The summed E-state index contributed by atoms with van der Waals surface area (Å²) < 4.78 is 60.8. The van der Waals surface area contributed by atoms with E-state index in [4.69, 9.17) is 4.74 Å². The Morgan fingerprint density at radius 2 is 1.70 bits per heavy atom. The summed E-state index contributed by atoms with van der Waals surface area (Å²) in [6.45, 7) is 5.60. The highest BCUT2D eigenvalue weighted by Crippen LogP contribution is 2.62. The second kappa shape index (κ2) is 5.75. The molecule has 0 spiro atoms. The fourth-order valence-electron chi connectivity index (χ4n) is 3.57. The fourth-order valence-corrected chi connectivity index (χ4v) is 3.90. The highest BCUT2D eigenvalue weighted by Gasteiger charge is 2.67. The summed E-state index contributed by atoms with van der Waals surface area (Å²) in [5.74, 6) is -1.74. The Kier molecular flexibility index (Phi) is 4.69. The number of halogens is 4. The Morgan fingerprint density at radius 3 is 2.09 bits per heavy atom. The SMILES string of the molecule is CC1(OC(=O)C(F)(SOO[O-])C(F)(F)F)CC2CC(C1)C2(C)C. The molecular formula is C13H17F4O5S-. The molecule has 0 aliphatic heterocycles. The van der Waals surface area contributed by atoms with Gasteiger partial charge < -0.3 is 9.99 Å². The van der Waals surface area contributed by atoms with E-state index in [1.54, 1.807) is 0 Å². The lowest BCUT2D eigenvalue weighted by Crippen LogP contribution is -2.59. The minimum atomic E-state index is -5.62. The summed E-state index contributed by atoms with van der Waals surface area (Å²) in [5, 5.41) is 7.85. The summed E-state index contributed by atoms with van der Waals surface area (Å²) in [4.78, 5) is 11.8. The first-order chi connectivity index (χ1) is 10.4. The lowest BCUT2D eigenvalue weighted by Gasteiger charge is -2.61. The van der Waals surface area contributed by atoms with E-state index < -0.39 is 34.8 Å². The summed E-state index contributed by atoms with van der Waals surface area (Å²) >= 11 is -1.06. The van der Waals surface area contributed by atoms with E-state index in [0.29, 0.717) is 12.8 Å². The van der Waals surface area contributed by atoms with Gasteiger partial charge in [-0.25, -0.2) is 9.18 Å². The van der Waals surface area contributed by atoms with Crippen LogP contribution in [0.4, 0.5) is 17.6 Å². The number of fused-ring (bicyclic) bond motifs is 2. The third-order valence-corrected chi connectivity index (χ3v) is 5.92. The maximum absolute atomic E-state index is 14.1. The van der Waals surface area contributed by atoms with Crippen LogP contribution in [0.3, 0.4) is 0 Å². The maximum Gasteiger partial charge on any atom is 0.446 e. The highest BCUT2D eigenvalue weighted by atomic mass is 32.2. The van der Waals surface area contributed by atoms with Crippen LogP contribution in [0, 0.1) is 17.3 Å². The van der Waals surface area contributed by atoms with Gasteiger partial charge in [0.2, 0.25) is 0 Å². The molecule has 0 radical (unpaired) electrons. The van der Waals surface area contributed by atoms with Crippen LogP contribution in [0.5, 0.6) is 0 Å². The van der Waals surface area contributed by atoms with Crippen LogP contribution in [0.2, 0.25) is 0 Å². The van der Waals surface area contributed by atoms with Crippen molar-refractivity contribution >= 4 is 18.0 Å². The number of carbonyl (C=O) groups is 1. The van der Waals surface area contributed by atoms with Gasteiger partial charge in [0.1, 0.15) is 5.60 Å². The number of ether oxygens (including phenoxy) is 1. The Morgan fingerprint density at radius 1 is 1.17 bits per heavy atom. The van der Waals surface area contributed by atoms with Gasteiger partial charge in [-0.15, -0.1) is 0 Å². The van der Waals surface area contributed by atoms with Crippen molar-refractivity contribution in [2.24, 2.45) is 17.3 Å². The summed E-state index contributed by atoms with van der Waals surface area (Å²) in [6, 6.07) is 0. The third kappa shape index (κ3) is 3.18. The van der Waals surface area contributed by atoms with Crippen molar-refractivity contribution in [1.29, 1.82) is 0 Å². The zero-order chi connectivity index (χ0) is 17.7. The molecule has 0 heterocycles. The van der Waals surface area contributed by atoms with Crippen molar-refractivity contribution in [1.82, 2.24) is 0 Å². The number of rotatable bonds is 5. The maximum atomic E-state index is 14.1. The van der Waals surface area contributed by atoms with Gasteiger partial charge in [0.05, 0.1) is 12.0 Å². The lowest BCUT2D eigenvalue weighted by molar-refractivity contribution is -0.777. The van der Waals surface area contributed by atoms with E-state index in [0.717, 1.165) is 6.42 Å². The molecule has 0 amide bonds. The van der Waals surface area contributed by atoms with Gasteiger partial charge in [-0.1, -0.05) is 13.8 Å². The van der Waals surface area contributed by atoms with Gasteiger partial charge in [-0.2, -0.15) is 17.5 Å². The first kappa shape index (κ1) is 18.8. The third-order valence-electron chi connectivity index (χ3n) is 5.17. The minimum absolute atomic E-state index is 0.0387. The van der Waals surface area contributed by atoms with Crippen LogP contribution in [0.25, 0.3) is 0 Å². The zero-order valence-electron chi connectivity index (χ0n) is 12.7. The van der Waals surface area contributed by atoms with Crippen LogP contribution >= 0.6 is 12.0 Å². The van der Waals surface area contributed by atoms with Crippen molar-refractivity contribution in [3.63, 3.8) is 0 Å². The molecule has 3 fully saturated rings. The molecule has 3 atom stereocenters. The van der Waals surface area contributed by atoms with Crippen molar-refractivity contribution < 1.29 is 41.7 Å². The number of esters is 1. The lowest BCUT2D eigenvalue weighted by atomic mass is 9.46. The first-order valence-electron chi connectivity index (χ1n) is 6.99. The number of hydrogen-bond acceptors (Lipinski definition) is 6. The predicted octanol–water partition coefficient (Wildman–Crippen LogP) is 2.84. The van der Waals surface area contributed by atoms with Crippen LogP contribution in [0.1, 0.15) is 40.0 Å². The Hall–Kier alpha value is -0.580. The van der Waals surface area contributed by atoms with Crippen molar-refractivity contribution in [3.05, 3.63) is 0 Å². The average molecular weight is 361 g/mol. The first-order valence-corrected chi connectivity index (χ1v) is 7.73. The van der Waals surface area contributed by atoms with E-state index >= 15 is 0 Å². The molecule has 3 aliphatic rings. The second-order valence-electron chi connectivity index (χ2n) is 7.01. The van der Waals surface area contributed by atoms with Crippen LogP contribution in [0.15, 0.2) is 0 Å². The Labute approximate surface area is 134 Å². The minimum Gasteiger partial charge on any atom is -0.691 e. The van der Waals surface area contributed by atoms with Crippen LogP contribution in [-0.4, -0.2) is 22.7 Å². The molecule has 0 N–H and O–H groups in total. The number of hydrogen-bond donors (Lipinski definition) is 0. The van der Waals surface area contributed by atoms with Crippen LogP contribution < -0.4 is 5.26 Å². The van der Waals surface area contributed by atoms with Gasteiger partial charge in [0.25, 0.3) is 0 Å². The van der Waals surface area contributed by atoms with Gasteiger partial charge in [0.15, 0.2) is 0 Å². The van der Waals surface area contributed by atoms with Crippen molar-refractivity contribution in [3.8, 4) is 0 Å². The molecule has 2 bridgehead atoms. The highest BCUT2D eigenvalue weighted by molar-refractivity contribution is 7.96. The summed E-state index contributed by atoms with van der Waals surface area (Å²) in [7, 11) is 0. The van der Waals surface area contributed by atoms with Gasteiger partial charge in [0, 0.05) is 0 Å². The molecule has 3 aliphatic carbocycles. The molecule has 0 aromatic carbocycles. The standard InChI is InChI=1S/C13H18F4O5S/c1-10(2)7-4-8(10)6-11(3,5-7)20-9(18)12(14,13(15,16)17)23-22-21-19/h7-8,19H,4-6H2,1-3H3/p-1. The average Bonchev–Trinajstić information content (AvgIpc) is 2.42. The molecule has 5 nitrogen and oxygen atoms in total. The molecule has 134 valence electrons.